The first-order valence-electron chi connectivity index (χ1n) is 9.30. The predicted octanol–water partition coefficient (Wildman–Crippen LogP) is 2.44. The van der Waals surface area contributed by atoms with E-state index in [0.717, 1.165) is 16.3 Å². The zero-order valence-corrected chi connectivity index (χ0v) is 17.7. The van der Waals surface area contributed by atoms with Gasteiger partial charge in [0.1, 0.15) is 0 Å². The number of ether oxygens (including phenoxy) is 1. The molecule has 0 spiro atoms. The quantitative estimate of drug-likeness (QED) is 0.727. The minimum Gasteiger partial charge on any atom is -0.452 e. The normalized spacial score (nSPS) is 14.3. The van der Waals surface area contributed by atoms with E-state index in [4.69, 9.17) is 4.74 Å². The molecule has 0 unspecified atom stereocenters. The maximum atomic E-state index is 12.4. The average molecular weight is 417 g/mol. The van der Waals surface area contributed by atoms with Crippen LogP contribution < -0.4 is 10.2 Å². The Morgan fingerprint density at radius 3 is 2.72 bits per heavy atom. The number of esters is 1. The summed E-state index contributed by atoms with van der Waals surface area (Å²) in [5.41, 5.74) is 2.93. The second-order valence-electron chi connectivity index (χ2n) is 6.84. The van der Waals surface area contributed by atoms with Gasteiger partial charge in [0.05, 0.1) is 34.9 Å². The highest BCUT2D eigenvalue weighted by molar-refractivity contribution is 8.00. The van der Waals surface area contributed by atoms with Crippen LogP contribution in [0.1, 0.15) is 24.7 Å². The van der Waals surface area contributed by atoms with Crippen molar-refractivity contribution in [3.05, 3.63) is 35.7 Å². The molecule has 1 aliphatic rings. The maximum Gasteiger partial charge on any atom is 0.308 e. The van der Waals surface area contributed by atoms with Crippen LogP contribution in [0.4, 0.5) is 11.4 Å². The van der Waals surface area contributed by atoms with Crippen molar-refractivity contribution >= 4 is 40.9 Å². The highest BCUT2D eigenvalue weighted by Gasteiger charge is 2.26. The molecule has 2 heterocycles. The van der Waals surface area contributed by atoms with Crippen LogP contribution in [0.15, 0.2) is 29.2 Å². The van der Waals surface area contributed by atoms with E-state index in [0.29, 0.717) is 17.1 Å². The van der Waals surface area contributed by atoms with Crippen molar-refractivity contribution < 1.29 is 19.1 Å². The second kappa shape index (κ2) is 8.69. The number of aryl methyl sites for hydroxylation is 2. The number of rotatable bonds is 6. The van der Waals surface area contributed by atoms with E-state index < -0.39 is 18.0 Å². The van der Waals surface area contributed by atoms with Gasteiger partial charge >= 0.3 is 5.97 Å². The summed E-state index contributed by atoms with van der Waals surface area (Å²) in [6, 6.07) is 7.59. The Bertz CT molecular complexity index is 956. The Hall–Kier alpha value is -2.81. The number of carbonyl (C=O) groups is 3. The summed E-state index contributed by atoms with van der Waals surface area (Å²) in [6.07, 6.45) is -0.950. The number of carbonyl (C=O) groups excluding carboxylic acids is 3. The number of hydrogen-bond donors (Lipinski definition) is 1. The topological polar surface area (TPSA) is 93.5 Å². The molecule has 2 amide bonds. The molecule has 154 valence electrons. The molecule has 1 N–H and O–H groups in total. The molecule has 1 aromatic carbocycles. The fourth-order valence-electron chi connectivity index (χ4n) is 3.09. The lowest BCUT2D eigenvalue weighted by molar-refractivity contribution is -0.152. The third kappa shape index (κ3) is 4.61. The van der Waals surface area contributed by atoms with Crippen molar-refractivity contribution in [2.24, 2.45) is 7.05 Å². The van der Waals surface area contributed by atoms with Gasteiger partial charge in [-0.2, -0.15) is 5.10 Å². The van der Waals surface area contributed by atoms with Crippen molar-refractivity contribution in [3.63, 3.8) is 0 Å². The first-order valence-corrected chi connectivity index (χ1v) is 10.3. The number of aromatic nitrogens is 2. The van der Waals surface area contributed by atoms with Crippen LogP contribution >= 0.6 is 11.8 Å². The van der Waals surface area contributed by atoms with Crippen molar-refractivity contribution in [2.75, 3.05) is 22.5 Å². The molecular weight excluding hydrogens is 392 g/mol. The van der Waals surface area contributed by atoms with E-state index in [-0.39, 0.29) is 18.9 Å². The summed E-state index contributed by atoms with van der Waals surface area (Å²) in [5, 5.41) is 7.01. The predicted molar refractivity (Wildman–Crippen MR) is 111 cm³/mol. The molecule has 0 radical (unpaired) electrons. The van der Waals surface area contributed by atoms with Gasteiger partial charge in [-0.25, -0.2) is 0 Å². The zero-order valence-electron chi connectivity index (χ0n) is 16.9. The molecule has 29 heavy (non-hydrogen) atoms. The van der Waals surface area contributed by atoms with Gasteiger partial charge in [-0.15, -0.1) is 11.8 Å². The third-order valence-corrected chi connectivity index (χ3v) is 5.83. The fraction of sp³-hybridized carbons (Fsp3) is 0.400. The SMILES string of the molecule is Cc1nn(C)c(C)c1NC(=O)[C@@H](C)OC(=O)CCN1C(=O)CSc2ccccc21. The van der Waals surface area contributed by atoms with E-state index in [1.807, 2.05) is 31.2 Å². The first kappa shape index (κ1) is 20.9. The van der Waals surface area contributed by atoms with Crippen molar-refractivity contribution in [2.45, 2.75) is 38.2 Å². The van der Waals surface area contributed by atoms with Crippen LogP contribution in [0, 0.1) is 13.8 Å². The summed E-state index contributed by atoms with van der Waals surface area (Å²) in [7, 11) is 1.79. The molecule has 0 bridgehead atoms. The Morgan fingerprint density at radius 2 is 2.03 bits per heavy atom. The molecule has 2 aromatic rings. The number of nitrogens with zero attached hydrogens (tertiary/aromatic N) is 3. The summed E-state index contributed by atoms with van der Waals surface area (Å²) >= 11 is 1.49. The Morgan fingerprint density at radius 1 is 1.31 bits per heavy atom. The molecule has 1 atom stereocenters. The fourth-order valence-corrected chi connectivity index (χ4v) is 4.03. The van der Waals surface area contributed by atoms with Crippen molar-refractivity contribution in [3.8, 4) is 0 Å². The van der Waals surface area contributed by atoms with Gasteiger partial charge in [-0.05, 0) is 32.9 Å². The molecule has 1 aromatic heterocycles. The largest absolute Gasteiger partial charge is 0.452 e. The van der Waals surface area contributed by atoms with Gasteiger partial charge in [0.15, 0.2) is 6.10 Å². The summed E-state index contributed by atoms with van der Waals surface area (Å²) in [4.78, 5) is 39.5. The van der Waals surface area contributed by atoms with E-state index in [1.54, 1.807) is 23.6 Å². The van der Waals surface area contributed by atoms with Gasteiger partial charge in [0, 0.05) is 18.5 Å². The van der Waals surface area contributed by atoms with E-state index in [1.165, 1.54) is 18.7 Å². The number of amides is 2. The van der Waals surface area contributed by atoms with Gasteiger partial charge in [0.25, 0.3) is 5.91 Å². The molecule has 0 aliphatic carbocycles. The first-order chi connectivity index (χ1) is 13.8. The number of para-hydroxylation sites is 1. The second-order valence-corrected chi connectivity index (χ2v) is 7.86. The summed E-state index contributed by atoms with van der Waals surface area (Å²) in [5.74, 6) is -0.659. The maximum absolute atomic E-state index is 12.4. The zero-order chi connectivity index (χ0) is 21.1. The van der Waals surface area contributed by atoms with Crippen molar-refractivity contribution in [1.29, 1.82) is 0 Å². The van der Waals surface area contributed by atoms with Crippen LogP contribution in [0.2, 0.25) is 0 Å². The van der Waals surface area contributed by atoms with Crippen LogP contribution in [0.25, 0.3) is 0 Å². The molecular formula is C20H24N4O4S. The smallest absolute Gasteiger partial charge is 0.308 e. The van der Waals surface area contributed by atoms with Crippen LogP contribution in [0.3, 0.4) is 0 Å². The number of thioether (sulfide) groups is 1. The highest BCUT2D eigenvalue weighted by Crippen LogP contribution is 2.34. The highest BCUT2D eigenvalue weighted by atomic mass is 32.2. The average Bonchev–Trinajstić information content (AvgIpc) is 2.93. The van der Waals surface area contributed by atoms with E-state index in [2.05, 4.69) is 10.4 Å². The van der Waals surface area contributed by atoms with Gasteiger partial charge in [0.2, 0.25) is 5.91 Å². The molecule has 1 aliphatic heterocycles. The van der Waals surface area contributed by atoms with Gasteiger partial charge in [-0.3, -0.25) is 19.1 Å². The number of benzene rings is 1. The number of hydrogen-bond acceptors (Lipinski definition) is 6. The lowest BCUT2D eigenvalue weighted by Crippen LogP contribution is -2.38. The monoisotopic (exact) mass is 416 g/mol. The summed E-state index contributed by atoms with van der Waals surface area (Å²) < 4.78 is 6.94. The Kier molecular flexibility index (Phi) is 6.26. The molecule has 0 fully saturated rings. The lowest BCUT2D eigenvalue weighted by Gasteiger charge is -2.28. The standard InChI is InChI=1S/C20H24N4O4S/c1-12-19(13(2)23(4)22-12)21-20(27)14(3)28-18(26)9-10-24-15-7-5-6-8-16(15)29-11-17(24)25/h5-8,14H,9-11H2,1-4H3,(H,21,27)/t14-/m1/s1. The summed E-state index contributed by atoms with van der Waals surface area (Å²) in [6.45, 7) is 5.37. The molecule has 0 saturated carbocycles. The van der Waals surface area contributed by atoms with Crippen molar-refractivity contribution in [1.82, 2.24) is 9.78 Å². The molecule has 3 rings (SSSR count). The molecule has 0 saturated heterocycles. The van der Waals surface area contributed by atoms with Crippen LogP contribution in [-0.4, -0.2) is 46.0 Å². The minimum absolute atomic E-state index is 0.00725. The van der Waals surface area contributed by atoms with Gasteiger partial charge < -0.3 is 15.0 Å². The van der Waals surface area contributed by atoms with E-state index >= 15 is 0 Å². The third-order valence-electron chi connectivity index (χ3n) is 4.78. The number of fused-ring (bicyclic) bond motifs is 1. The van der Waals surface area contributed by atoms with Crippen LogP contribution in [0.5, 0.6) is 0 Å². The minimum atomic E-state index is -0.957. The lowest BCUT2D eigenvalue weighted by atomic mass is 10.2. The number of anilines is 2. The van der Waals surface area contributed by atoms with Gasteiger partial charge in [-0.1, -0.05) is 12.1 Å². The molecule has 8 nitrogen and oxygen atoms in total. The number of nitrogens with one attached hydrogen (secondary N) is 1. The molecule has 9 heteroatoms. The van der Waals surface area contributed by atoms with E-state index in [9.17, 15) is 14.4 Å². The van der Waals surface area contributed by atoms with Crippen LogP contribution in [-0.2, 0) is 26.2 Å². The Balaban J connectivity index is 1.55. The Labute approximate surface area is 173 Å².